The van der Waals surface area contributed by atoms with Gasteiger partial charge in [0.25, 0.3) is 0 Å². The number of benzene rings is 1. The van der Waals surface area contributed by atoms with Crippen molar-refractivity contribution in [3.63, 3.8) is 0 Å². The van der Waals surface area contributed by atoms with Crippen LogP contribution < -0.4 is 0 Å². The highest BCUT2D eigenvalue weighted by Crippen LogP contribution is 2.15. The first-order valence-corrected chi connectivity index (χ1v) is 6.16. The van der Waals surface area contributed by atoms with Crippen LogP contribution in [0.4, 0.5) is 4.39 Å². The van der Waals surface area contributed by atoms with Gasteiger partial charge in [0.05, 0.1) is 24.4 Å². The Bertz CT molecular complexity index is 572. The highest BCUT2D eigenvalue weighted by molar-refractivity contribution is 5.33. The van der Waals surface area contributed by atoms with Crippen molar-refractivity contribution in [3.05, 3.63) is 59.3 Å². The summed E-state index contributed by atoms with van der Waals surface area (Å²) in [7, 11) is 0. The minimum Gasteiger partial charge on any atom is -0.468 e. The van der Waals surface area contributed by atoms with Gasteiger partial charge < -0.3 is 4.42 Å². The third-order valence-electron chi connectivity index (χ3n) is 2.98. The number of halogens is 1. The van der Waals surface area contributed by atoms with Crippen LogP contribution in [-0.2, 0) is 13.1 Å². The smallest absolute Gasteiger partial charge is 0.127 e. The van der Waals surface area contributed by atoms with Gasteiger partial charge in [0, 0.05) is 12.1 Å². The molecule has 0 N–H and O–H groups in total. The number of hydrogen-bond acceptors (Lipinski definition) is 3. The van der Waals surface area contributed by atoms with Crippen molar-refractivity contribution < 1.29 is 8.81 Å². The second kappa shape index (κ2) is 6.17. The summed E-state index contributed by atoms with van der Waals surface area (Å²) in [5, 5.41) is 8.85. The van der Waals surface area contributed by atoms with Crippen molar-refractivity contribution in [3.8, 4) is 6.07 Å². The van der Waals surface area contributed by atoms with E-state index in [4.69, 9.17) is 9.68 Å². The van der Waals surface area contributed by atoms with E-state index in [1.807, 2.05) is 25.1 Å². The third kappa shape index (κ3) is 3.43. The van der Waals surface area contributed by atoms with Gasteiger partial charge >= 0.3 is 0 Å². The predicted molar refractivity (Wildman–Crippen MR) is 69.6 cm³/mol. The molecule has 2 aromatic rings. The van der Waals surface area contributed by atoms with Gasteiger partial charge in [-0.15, -0.1) is 0 Å². The van der Waals surface area contributed by atoms with Gasteiger partial charge in [-0.1, -0.05) is 6.92 Å². The first-order valence-electron chi connectivity index (χ1n) is 6.16. The molecule has 0 unspecified atom stereocenters. The van der Waals surface area contributed by atoms with Crippen LogP contribution in [0.5, 0.6) is 0 Å². The molecule has 0 radical (unpaired) electrons. The molecule has 98 valence electrons. The largest absolute Gasteiger partial charge is 0.468 e. The first-order chi connectivity index (χ1) is 9.22. The maximum atomic E-state index is 13.7. The molecule has 2 rings (SSSR count). The lowest BCUT2D eigenvalue weighted by atomic mass is 10.1. The highest BCUT2D eigenvalue weighted by atomic mass is 19.1. The van der Waals surface area contributed by atoms with Gasteiger partial charge in [-0.2, -0.15) is 5.26 Å². The SMILES string of the molecule is CCN(Cc1ccco1)Cc1cc(C#N)ccc1F. The molecule has 1 heterocycles. The molecule has 19 heavy (non-hydrogen) atoms. The van der Waals surface area contributed by atoms with Crippen LogP contribution in [0.15, 0.2) is 41.0 Å². The Hall–Kier alpha value is -2.12. The molecule has 0 saturated heterocycles. The molecular formula is C15H15FN2O. The minimum atomic E-state index is -0.281. The van der Waals surface area contributed by atoms with Gasteiger partial charge in [-0.3, -0.25) is 4.90 Å². The van der Waals surface area contributed by atoms with E-state index in [1.54, 1.807) is 12.3 Å². The van der Waals surface area contributed by atoms with E-state index in [-0.39, 0.29) is 5.82 Å². The summed E-state index contributed by atoms with van der Waals surface area (Å²) < 4.78 is 19.0. The number of nitrogens with zero attached hydrogens (tertiary/aromatic N) is 2. The van der Waals surface area contributed by atoms with E-state index < -0.39 is 0 Å². The van der Waals surface area contributed by atoms with E-state index in [2.05, 4.69) is 4.90 Å². The summed E-state index contributed by atoms with van der Waals surface area (Å²) in [5.41, 5.74) is 1.01. The van der Waals surface area contributed by atoms with Crippen molar-refractivity contribution in [1.82, 2.24) is 4.90 Å². The Morgan fingerprint density at radius 2 is 2.16 bits per heavy atom. The van der Waals surface area contributed by atoms with Crippen molar-refractivity contribution in [2.75, 3.05) is 6.54 Å². The van der Waals surface area contributed by atoms with E-state index in [9.17, 15) is 4.39 Å². The summed E-state index contributed by atoms with van der Waals surface area (Å²) in [6, 6.07) is 10.2. The second-order valence-electron chi connectivity index (χ2n) is 4.30. The summed E-state index contributed by atoms with van der Waals surface area (Å²) >= 11 is 0. The molecule has 0 bridgehead atoms. The van der Waals surface area contributed by atoms with E-state index in [0.29, 0.717) is 24.2 Å². The molecule has 0 aliphatic rings. The molecule has 4 heteroatoms. The summed E-state index contributed by atoms with van der Waals surface area (Å²) in [6.45, 7) is 3.87. The van der Waals surface area contributed by atoms with E-state index in [0.717, 1.165) is 12.3 Å². The molecule has 1 aromatic carbocycles. The van der Waals surface area contributed by atoms with Gasteiger partial charge in [-0.25, -0.2) is 4.39 Å². The lowest BCUT2D eigenvalue weighted by Crippen LogP contribution is -2.22. The number of hydrogen-bond donors (Lipinski definition) is 0. The molecule has 0 saturated carbocycles. The average molecular weight is 258 g/mol. The second-order valence-corrected chi connectivity index (χ2v) is 4.30. The third-order valence-corrected chi connectivity index (χ3v) is 2.98. The molecule has 0 aliphatic carbocycles. The Morgan fingerprint density at radius 3 is 2.79 bits per heavy atom. The highest BCUT2D eigenvalue weighted by Gasteiger charge is 2.10. The standard InChI is InChI=1S/C15H15FN2O/c1-2-18(11-14-4-3-7-19-14)10-13-8-12(9-17)5-6-15(13)16/h3-8H,2,10-11H2,1H3. The van der Waals surface area contributed by atoms with Gasteiger partial charge in [0.15, 0.2) is 0 Å². The van der Waals surface area contributed by atoms with Crippen molar-refractivity contribution in [2.45, 2.75) is 20.0 Å². The van der Waals surface area contributed by atoms with Crippen LogP contribution in [0.3, 0.4) is 0 Å². The molecule has 1 aromatic heterocycles. The molecule has 0 aliphatic heterocycles. The van der Waals surface area contributed by atoms with Crippen LogP contribution in [-0.4, -0.2) is 11.4 Å². The fourth-order valence-electron chi connectivity index (χ4n) is 1.91. The van der Waals surface area contributed by atoms with Crippen LogP contribution in [0.25, 0.3) is 0 Å². The molecule has 3 nitrogen and oxygen atoms in total. The fourth-order valence-corrected chi connectivity index (χ4v) is 1.91. The minimum absolute atomic E-state index is 0.281. The lowest BCUT2D eigenvalue weighted by molar-refractivity contribution is 0.244. The molecule has 0 spiro atoms. The molecular weight excluding hydrogens is 243 g/mol. The molecule has 0 fully saturated rings. The van der Waals surface area contributed by atoms with Crippen LogP contribution in [0.1, 0.15) is 23.8 Å². The maximum absolute atomic E-state index is 13.7. The monoisotopic (exact) mass is 258 g/mol. The van der Waals surface area contributed by atoms with Gasteiger partial charge in [0.2, 0.25) is 0 Å². The van der Waals surface area contributed by atoms with Crippen molar-refractivity contribution >= 4 is 0 Å². The maximum Gasteiger partial charge on any atom is 0.127 e. The number of furan rings is 1. The predicted octanol–water partition coefficient (Wildman–Crippen LogP) is 3.31. The molecule has 0 atom stereocenters. The van der Waals surface area contributed by atoms with Crippen LogP contribution in [0, 0.1) is 17.1 Å². The molecule has 0 amide bonds. The fraction of sp³-hybridized carbons (Fsp3) is 0.267. The summed E-state index contributed by atoms with van der Waals surface area (Å²) in [6.07, 6.45) is 1.63. The van der Waals surface area contributed by atoms with E-state index >= 15 is 0 Å². The zero-order valence-electron chi connectivity index (χ0n) is 10.8. The zero-order chi connectivity index (χ0) is 13.7. The Balaban J connectivity index is 2.12. The number of rotatable bonds is 5. The van der Waals surface area contributed by atoms with Gasteiger partial charge in [0.1, 0.15) is 11.6 Å². The topological polar surface area (TPSA) is 40.2 Å². The van der Waals surface area contributed by atoms with Gasteiger partial charge in [-0.05, 0) is 36.9 Å². The average Bonchev–Trinajstić information content (AvgIpc) is 2.93. The van der Waals surface area contributed by atoms with Crippen LogP contribution >= 0.6 is 0 Å². The van der Waals surface area contributed by atoms with Crippen LogP contribution in [0.2, 0.25) is 0 Å². The van der Waals surface area contributed by atoms with E-state index in [1.165, 1.54) is 12.1 Å². The normalized spacial score (nSPS) is 10.6. The lowest BCUT2D eigenvalue weighted by Gasteiger charge is -2.19. The van der Waals surface area contributed by atoms with Crippen molar-refractivity contribution in [1.29, 1.82) is 5.26 Å². The quantitative estimate of drug-likeness (QED) is 0.826. The Labute approximate surface area is 111 Å². The number of nitriles is 1. The summed E-state index contributed by atoms with van der Waals surface area (Å²) in [5.74, 6) is 0.565. The van der Waals surface area contributed by atoms with Crippen molar-refractivity contribution in [2.24, 2.45) is 0 Å². The Morgan fingerprint density at radius 1 is 1.32 bits per heavy atom. The zero-order valence-corrected chi connectivity index (χ0v) is 10.8. The Kier molecular flexibility index (Phi) is 4.32. The summed E-state index contributed by atoms with van der Waals surface area (Å²) in [4.78, 5) is 2.05. The first kappa shape index (κ1) is 13.3.